The van der Waals surface area contributed by atoms with Crippen molar-refractivity contribution in [1.82, 2.24) is 14.5 Å². The van der Waals surface area contributed by atoms with Gasteiger partial charge < -0.3 is 19.3 Å². The number of halogens is 3. The van der Waals surface area contributed by atoms with Crippen molar-refractivity contribution >= 4 is 0 Å². The number of alkyl halides is 3. The molecular weight excluding hydrogens is 471 g/mol. The minimum atomic E-state index is -4.67. The molecule has 3 aromatic rings. The number of aromatic nitrogens is 2. The summed E-state index contributed by atoms with van der Waals surface area (Å²) in [6, 6.07) is 4.78. The molecule has 2 aliphatic rings. The highest BCUT2D eigenvalue weighted by atomic mass is 19.4. The summed E-state index contributed by atoms with van der Waals surface area (Å²) < 4.78 is 57.1. The SMILES string of the molecule is COc1c2c(cc3c1[C@@H](c1c(O)n(-c4cccc(C(F)(F)F)c4)c(=O)[nH]c1=O)N(C)CC3)OCO2. The Labute approximate surface area is 195 Å². The summed E-state index contributed by atoms with van der Waals surface area (Å²) >= 11 is 0. The number of methoxy groups -OCH3 is 1. The third kappa shape index (κ3) is 3.60. The van der Waals surface area contributed by atoms with Gasteiger partial charge in [-0.2, -0.15) is 13.2 Å². The van der Waals surface area contributed by atoms with Crippen LogP contribution in [0.15, 0.2) is 39.9 Å². The molecule has 0 saturated heterocycles. The zero-order valence-corrected chi connectivity index (χ0v) is 18.6. The lowest BCUT2D eigenvalue weighted by molar-refractivity contribution is -0.137. The van der Waals surface area contributed by atoms with Gasteiger partial charge in [-0.15, -0.1) is 0 Å². The van der Waals surface area contributed by atoms with E-state index in [4.69, 9.17) is 14.2 Å². The fourth-order valence-electron chi connectivity index (χ4n) is 4.64. The molecule has 9 nitrogen and oxygen atoms in total. The summed E-state index contributed by atoms with van der Waals surface area (Å²) in [4.78, 5) is 29.6. The highest BCUT2D eigenvalue weighted by molar-refractivity contribution is 5.63. The summed E-state index contributed by atoms with van der Waals surface area (Å²) in [6.07, 6.45) is -4.10. The molecule has 0 fully saturated rings. The average molecular weight is 491 g/mol. The Balaban J connectivity index is 1.76. The Morgan fingerprint density at radius 1 is 1.17 bits per heavy atom. The van der Waals surface area contributed by atoms with Gasteiger partial charge >= 0.3 is 11.9 Å². The minimum absolute atomic E-state index is 0.0125. The number of aromatic hydroxyl groups is 1. The molecule has 2 N–H and O–H groups in total. The third-order valence-corrected chi connectivity index (χ3v) is 6.22. The van der Waals surface area contributed by atoms with Crippen molar-refractivity contribution < 1.29 is 32.5 Å². The molecule has 0 bridgehead atoms. The fraction of sp³-hybridized carbons (Fsp3) is 0.304. The highest BCUT2D eigenvalue weighted by Gasteiger charge is 2.38. The molecule has 3 heterocycles. The lowest BCUT2D eigenvalue weighted by atomic mass is 9.87. The maximum absolute atomic E-state index is 13.3. The molecular formula is C23H20F3N3O6. The monoisotopic (exact) mass is 491 g/mol. The highest BCUT2D eigenvalue weighted by Crippen LogP contribution is 2.51. The Morgan fingerprint density at radius 3 is 2.66 bits per heavy atom. The zero-order chi connectivity index (χ0) is 25.1. The van der Waals surface area contributed by atoms with E-state index in [-0.39, 0.29) is 18.0 Å². The number of nitrogens with zero attached hydrogens (tertiary/aromatic N) is 2. The number of hydrogen-bond acceptors (Lipinski definition) is 7. The number of nitrogens with one attached hydrogen (secondary N) is 1. The molecule has 0 radical (unpaired) electrons. The lowest BCUT2D eigenvalue weighted by Crippen LogP contribution is -2.39. The zero-order valence-electron chi connectivity index (χ0n) is 18.6. The summed E-state index contributed by atoms with van der Waals surface area (Å²) in [5, 5.41) is 11.2. The van der Waals surface area contributed by atoms with Crippen LogP contribution in [0, 0.1) is 0 Å². The van der Waals surface area contributed by atoms with Crippen LogP contribution >= 0.6 is 0 Å². The molecule has 5 rings (SSSR count). The van der Waals surface area contributed by atoms with E-state index in [1.807, 2.05) is 0 Å². The van der Waals surface area contributed by atoms with Gasteiger partial charge in [0.2, 0.25) is 18.4 Å². The Bertz CT molecular complexity index is 1450. The van der Waals surface area contributed by atoms with Crippen molar-refractivity contribution in [2.75, 3.05) is 27.5 Å². The van der Waals surface area contributed by atoms with E-state index in [9.17, 15) is 27.9 Å². The van der Waals surface area contributed by atoms with Crippen LogP contribution in [0.4, 0.5) is 13.2 Å². The van der Waals surface area contributed by atoms with Crippen molar-refractivity contribution in [3.05, 3.63) is 73.4 Å². The third-order valence-electron chi connectivity index (χ3n) is 6.22. The van der Waals surface area contributed by atoms with Crippen molar-refractivity contribution in [3.63, 3.8) is 0 Å². The van der Waals surface area contributed by atoms with Crippen LogP contribution in [0.3, 0.4) is 0 Å². The van der Waals surface area contributed by atoms with Crippen LogP contribution in [0.2, 0.25) is 0 Å². The molecule has 2 aliphatic heterocycles. The molecule has 184 valence electrons. The predicted molar refractivity (Wildman–Crippen MR) is 117 cm³/mol. The van der Waals surface area contributed by atoms with Gasteiger partial charge in [-0.25, -0.2) is 9.36 Å². The van der Waals surface area contributed by atoms with Gasteiger partial charge in [-0.3, -0.25) is 14.7 Å². The van der Waals surface area contributed by atoms with E-state index >= 15 is 0 Å². The number of hydrogen-bond donors (Lipinski definition) is 2. The fourth-order valence-corrected chi connectivity index (χ4v) is 4.64. The van der Waals surface area contributed by atoms with E-state index < -0.39 is 34.9 Å². The summed E-state index contributed by atoms with van der Waals surface area (Å²) in [7, 11) is 3.15. The number of likely N-dealkylation sites (N-methyl/N-ethyl adjacent to an activating group) is 1. The van der Waals surface area contributed by atoms with E-state index in [2.05, 4.69) is 4.98 Å². The Kier molecular flexibility index (Phi) is 5.28. The van der Waals surface area contributed by atoms with Gasteiger partial charge in [-0.1, -0.05) is 6.07 Å². The number of aromatic amines is 1. The van der Waals surface area contributed by atoms with Gasteiger partial charge in [0, 0.05) is 12.1 Å². The first kappa shape index (κ1) is 22.8. The van der Waals surface area contributed by atoms with E-state index in [0.29, 0.717) is 40.3 Å². The first-order valence-electron chi connectivity index (χ1n) is 10.6. The standard InChI is InChI=1S/C23H20F3N3O6/c1-28-7-6-11-8-14-18(35-10-34-14)19(33-2)15(11)17(28)16-20(30)27-22(32)29(21(16)31)13-5-3-4-12(9-13)23(24,25)26/h3-5,8-9,17,31H,6-7,10H2,1-2H3,(H,27,30,32)/t17-/m0/s1. The topological polar surface area (TPSA) is 106 Å². The first-order chi connectivity index (χ1) is 16.6. The van der Waals surface area contributed by atoms with Crippen molar-refractivity contribution in [1.29, 1.82) is 0 Å². The molecule has 0 saturated carbocycles. The maximum Gasteiger partial charge on any atom is 0.416 e. The van der Waals surface area contributed by atoms with Crippen molar-refractivity contribution in [3.8, 4) is 28.8 Å². The van der Waals surface area contributed by atoms with Crippen LogP contribution in [0.1, 0.15) is 28.3 Å². The molecule has 0 aliphatic carbocycles. The van der Waals surface area contributed by atoms with Gasteiger partial charge in [0.05, 0.1) is 30.0 Å². The quantitative estimate of drug-likeness (QED) is 0.580. The van der Waals surface area contributed by atoms with Crippen LogP contribution in [-0.2, 0) is 12.6 Å². The number of benzene rings is 2. The lowest BCUT2D eigenvalue weighted by Gasteiger charge is -2.36. The Morgan fingerprint density at radius 2 is 1.94 bits per heavy atom. The molecule has 35 heavy (non-hydrogen) atoms. The number of ether oxygens (including phenoxy) is 3. The van der Waals surface area contributed by atoms with Gasteiger partial charge in [0.15, 0.2) is 11.5 Å². The molecule has 0 spiro atoms. The number of fused-ring (bicyclic) bond motifs is 2. The maximum atomic E-state index is 13.3. The molecule has 0 amide bonds. The smallest absolute Gasteiger partial charge is 0.416 e. The first-order valence-corrected chi connectivity index (χ1v) is 10.6. The van der Waals surface area contributed by atoms with Crippen LogP contribution < -0.4 is 25.5 Å². The number of H-pyrrole nitrogens is 1. The largest absolute Gasteiger partial charge is 0.494 e. The molecule has 2 aromatic carbocycles. The van der Waals surface area contributed by atoms with E-state index in [0.717, 1.165) is 23.8 Å². The summed E-state index contributed by atoms with van der Waals surface area (Å²) in [5.41, 5.74) is -2.13. The summed E-state index contributed by atoms with van der Waals surface area (Å²) in [6.45, 7) is 0.462. The normalized spacial score (nSPS) is 17.3. The van der Waals surface area contributed by atoms with Crippen LogP contribution in [-0.4, -0.2) is 47.1 Å². The van der Waals surface area contributed by atoms with Gasteiger partial charge in [0.25, 0.3) is 5.56 Å². The Hall–Kier alpha value is -3.93. The minimum Gasteiger partial charge on any atom is -0.494 e. The van der Waals surface area contributed by atoms with Gasteiger partial charge in [0.1, 0.15) is 0 Å². The number of rotatable bonds is 3. The van der Waals surface area contributed by atoms with Crippen molar-refractivity contribution in [2.45, 2.75) is 18.6 Å². The van der Waals surface area contributed by atoms with Crippen LogP contribution in [0.5, 0.6) is 23.1 Å². The van der Waals surface area contributed by atoms with Gasteiger partial charge in [-0.05, 0) is 43.3 Å². The second-order valence-electron chi connectivity index (χ2n) is 8.23. The van der Waals surface area contributed by atoms with Crippen LogP contribution in [0.25, 0.3) is 5.69 Å². The molecule has 12 heteroatoms. The average Bonchev–Trinajstić information content (AvgIpc) is 3.26. The summed E-state index contributed by atoms with van der Waals surface area (Å²) in [5.74, 6) is 0.356. The second-order valence-corrected chi connectivity index (χ2v) is 8.23. The second kappa shape index (κ2) is 8.08. The molecule has 1 aromatic heterocycles. The van der Waals surface area contributed by atoms with E-state index in [1.54, 1.807) is 18.0 Å². The molecule has 1 atom stereocenters. The van der Waals surface area contributed by atoms with E-state index in [1.165, 1.54) is 13.2 Å². The molecule has 0 unspecified atom stereocenters. The predicted octanol–water partition coefficient (Wildman–Crippen LogP) is 2.56. The van der Waals surface area contributed by atoms with Crippen molar-refractivity contribution in [2.24, 2.45) is 0 Å².